The fourth-order valence-corrected chi connectivity index (χ4v) is 5.79. The molecule has 1 fully saturated rings. The Morgan fingerprint density at radius 1 is 0.980 bits per heavy atom. The summed E-state index contributed by atoms with van der Waals surface area (Å²) in [7, 11) is 1.63. The molecule has 1 N–H and O–H groups in total. The molecule has 9 nitrogen and oxygen atoms in total. The third kappa shape index (κ3) is 9.40. The van der Waals surface area contributed by atoms with Gasteiger partial charge in [0.05, 0.1) is 7.11 Å². The van der Waals surface area contributed by atoms with E-state index in [1.165, 1.54) is 0 Å². The average molecular weight is 667 g/mol. The van der Waals surface area contributed by atoms with E-state index in [1.54, 1.807) is 30.2 Å². The number of hydroxylamine groups is 1. The minimum Gasteiger partial charge on any atom is -0.496 e. The molecule has 1 atom stereocenters. The summed E-state index contributed by atoms with van der Waals surface area (Å²) in [5.74, 6) is 1.06. The lowest BCUT2D eigenvalue weighted by Crippen LogP contribution is -2.38. The standard InChI is InChI=1S/C40H46N2O7/c1-6-24-42(39(44)48-40(2,3)4)25-23-29-21-22-35(45-5)37(33(29)27-47-34-15-11-13-28-12-7-8-14-32(28)34)30-17-19-31(20-18-30)38(43)41-49-36-16-9-10-26-46-36/h6-8,11-15,17-22,36H,1,9-10,16,23-27H2,2-5H3,(H,41,43). The first-order chi connectivity index (χ1) is 23.7. The normalized spacial score (nSPS) is 14.6. The average Bonchev–Trinajstić information content (AvgIpc) is 3.11. The molecule has 4 aromatic carbocycles. The molecule has 0 aromatic heterocycles. The van der Waals surface area contributed by atoms with Crippen molar-refractivity contribution in [3.05, 3.63) is 108 Å². The van der Waals surface area contributed by atoms with Crippen LogP contribution in [0.4, 0.5) is 4.79 Å². The number of carbonyl (C=O) groups excluding carboxylic acids is 2. The molecule has 258 valence electrons. The molecule has 0 spiro atoms. The molecule has 1 aliphatic rings. The molecule has 5 rings (SSSR count). The maximum atomic E-state index is 13.1. The Kier molecular flexibility index (Phi) is 11.9. The predicted octanol–water partition coefficient (Wildman–Crippen LogP) is 8.25. The number of carbonyl (C=O) groups is 2. The highest BCUT2D eigenvalue weighted by molar-refractivity contribution is 5.94. The number of benzene rings is 4. The van der Waals surface area contributed by atoms with E-state index in [-0.39, 0.29) is 12.5 Å². The Morgan fingerprint density at radius 2 is 1.76 bits per heavy atom. The molecule has 4 aromatic rings. The summed E-state index contributed by atoms with van der Waals surface area (Å²) in [6.07, 6.45) is 4.11. The summed E-state index contributed by atoms with van der Waals surface area (Å²) in [6.45, 7) is 11.0. The van der Waals surface area contributed by atoms with E-state index in [4.69, 9.17) is 23.8 Å². The van der Waals surface area contributed by atoms with Crippen molar-refractivity contribution in [3.8, 4) is 22.6 Å². The maximum absolute atomic E-state index is 13.1. The third-order valence-corrected chi connectivity index (χ3v) is 8.22. The van der Waals surface area contributed by atoms with Crippen LogP contribution in [0.2, 0.25) is 0 Å². The van der Waals surface area contributed by atoms with Gasteiger partial charge in [-0.15, -0.1) is 6.58 Å². The highest BCUT2D eigenvalue weighted by Crippen LogP contribution is 2.37. The fourth-order valence-electron chi connectivity index (χ4n) is 5.79. The van der Waals surface area contributed by atoms with Crippen molar-refractivity contribution >= 4 is 22.8 Å². The van der Waals surface area contributed by atoms with Gasteiger partial charge in [-0.2, -0.15) is 0 Å². The molecule has 0 bridgehead atoms. The highest BCUT2D eigenvalue weighted by atomic mass is 16.8. The van der Waals surface area contributed by atoms with E-state index in [2.05, 4.69) is 24.2 Å². The van der Waals surface area contributed by atoms with Crippen LogP contribution in [0.25, 0.3) is 21.9 Å². The number of hydrogen-bond acceptors (Lipinski definition) is 7. The van der Waals surface area contributed by atoms with Crippen molar-refractivity contribution in [1.29, 1.82) is 0 Å². The van der Waals surface area contributed by atoms with Crippen molar-refractivity contribution in [3.63, 3.8) is 0 Å². The summed E-state index contributed by atoms with van der Waals surface area (Å²) in [6, 6.07) is 25.3. The van der Waals surface area contributed by atoms with Crippen LogP contribution in [-0.2, 0) is 27.3 Å². The van der Waals surface area contributed by atoms with Gasteiger partial charge in [-0.1, -0.05) is 60.7 Å². The van der Waals surface area contributed by atoms with Crippen LogP contribution < -0.4 is 15.0 Å². The maximum Gasteiger partial charge on any atom is 0.410 e. The molecule has 1 aliphatic heterocycles. The number of amides is 2. The molecule has 0 aliphatic carbocycles. The van der Waals surface area contributed by atoms with Crippen LogP contribution >= 0.6 is 0 Å². The highest BCUT2D eigenvalue weighted by Gasteiger charge is 2.23. The molecule has 1 heterocycles. The number of ether oxygens (including phenoxy) is 4. The van der Waals surface area contributed by atoms with E-state index in [9.17, 15) is 9.59 Å². The molecule has 2 amide bonds. The predicted molar refractivity (Wildman–Crippen MR) is 191 cm³/mol. The Balaban J connectivity index is 1.46. The summed E-state index contributed by atoms with van der Waals surface area (Å²) in [5.41, 5.74) is 5.92. The van der Waals surface area contributed by atoms with Crippen molar-refractivity contribution in [2.45, 2.75) is 65.0 Å². The minimum absolute atomic E-state index is 0.237. The number of nitrogens with one attached hydrogen (secondary N) is 1. The first kappa shape index (κ1) is 35.4. The van der Waals surface area contributed by atoms with E-state index in [1.807, 2.05) is 75.4 Å². The lowest BCUT2D eigenvalue weighted by atomic mass is 9.92. The Labute approximate surface area is 288 Å². The molecular formula is C40H46N2O7. The van der Waals surface area contributed by atoms with Crippen molar-refractivity contribution < 1.29 is 33.4 Å². The minimum atomic E-state index is -0.625. The summed E-state index contributed by atoms with van der Waals surface area (Å²) < 4.78 is 23.7. The molecule has 9 heteroatoms. The van der Waals surface area contributed by atoms with Gasteiger partial charge in [0.25, 0.3) is 5.91 Å². The number of nitrogens with zero attached hydrogens (tertiary/aromatic N) is 1. The van der Waals surface area contributed by atoms with Gasteiger partial charge in [-0.05, 0) is 80.8 Å². The number of hydrogen-bond donors (Lipinski definition) is 1. The third-order valence-electron chi connectivity index (χ3n) is 8.22. The van der Waals surface area contributed by atoms with Crippen LogP contribution in [0.1, 0.15) is 61.5 Å². The topological polar surface area (TPSA) is 95.6 Å². The van der Waals surface area contributed by atoms with E-state index in [0.717, 1.165) is 58.0 Å². The second kappa shape index (κ2) is 16.5. The monoisotopic (exact) mass is 666 g/mol. The molecular weight excluding hydrogens is 620 g/mol. The smallest absolute Gasteiger partial charge is 0.410 e. The van der Waals surface area contributed by atoms with Gasteiger partial charge in [-0.3, -0.25) is 4.79 Å². The Hall–Kier alpha value is -4.86. The Bertz CT molecular complexity index is 1740. The second-order valence-corrected chi connectivity index (χ2v) is 12.9. The van der Waals surface area contributed by atoms with Crippen LogP contribution in [-0.4, -0.2) is 55.6 Å². The van der Waals surface area contributed by atoms with Crippen LogP contribution in [0.15, 0.2) is 91.5 Å². The quantitative estimate of drug-likeness (QED) is 0.113. The van der Waals surface area contributed by atoms with Crippen molar-refractivity contribution in [1.82, 2.24) is 10.4 Å². The lowest BCUT2D eigenvalue weighted by Gasteiger charge is -2.27. The van der Waals surface area contributed by atoms with Crippen LogP contribution in [0, 0.1) is 0 Å². The number of rotatable bonds is 13. The number of fused-ring (bicyclic) bond motifs is 1. The fraction of sp³-hybridized carbons (Fsp3) is 0.350. The van der Waals surface area contributed by atoms with Crippen LogP contribution in [0.3, 0.4) is 0 Å². The SMILES string of the molecule is C=CCN(CCc1ccc(OC)c(-c2ccc(C(=O)NOC3CCCCO3)cc2)c1COc1cccc2ccccc12)C(=O)OC(C)(C)C. The summed E-state index contributed by atoms with van der Waals surface area (Å²) in [5, 5.41) is 2.09. The second-order valence-electron chi connectivity index (χ2n) is 12.9. The zero-order valence-corrected chi connectivity index (χ0v) is 28.8. The van der Waals surface area contributed by atoms with E-state index in [0.29, 0.717) is 37.4 Å². The van der Waals surface area contributed by atoms with Crippen LogP contribution in [0.5, 0.6) is 11.5 Å². The molecule has 0 radical (unpaired) electrons. The van der Waals surface area contributed by atoms with Gasteiger partial charge in [-0.25, -0.2) is 15.1 Å². The van der Waals surface area contributed by atoms with Crippen molar-refractivity contribution in [2.24, 2.45) is 0 Å². The summed E-state index contributed by atoms with van der Waals surface area (Å²) in [4.78, 5) is 33.1. The van der Waals surface area contributed by atoms with Gasteiger partial charge in [0, 0.05) is 48.2 Å². The van der Waals surface area contributed by atoms with Gasteiger partial charge in [0.15, 0.2) is 6.29 Å². The van der Waals surface area contributed by atoms with Crippen molar-refractivity contribution in [2.75, 3.05) is 26.8 Å². The lowest BCUT2D eigenvalue weighted by molar-refractivity contribution is -0.186. The molecule has 1 unspecified atom stereocenters. The molecule has 0 saturated carbocycles. The first-order valence-corrected chi connectivity index (χ1v) is 16.7. The zero-order valence-electron chi connectivity index (χ0n) is 28.8. The molecule has 49 heavy (non-hydrogen) atoms. The van der Waals surface area contributed by atoms with E-state index >= 15 is 0 Å². The number of methoxy groups -OCH3 is 1. The van der Waals surface area contributed by atoms with Gasteiger partial charge >= 0.3 is 6.09 Å². The van der Waals surface area contributed by atoms with Gasteiger partial charge < -0.3 is 23.8 Å². The van der Waals surface area contributed by atoms with E-state index < -0.39 is 18.0 Å². The zero-order chi connectivity index (χ0) is 34.8. The largest absolute Gasteiger partial charge is 0.496 e. The molecule has 1 saturated heterocycles. The van der Waals surface area contributed by atoms with Gasteiger partial charge in [0.1, 0.15) is 23.7 Å². The first-order valence-electron chi connectivity index (χ1n) is 16.7. The summed E-state index contributed by atoms with van der Waals surface area (Å²) >= 11 is 0. The van der Waals surface area contributed by atoms with Gasteiger partial charge in [0.2, 0.25) is 0 Å². The Morgan fingerprint density at radius 3 is 2.47 bits per heavy atom.